The number of esters is 1. The Morgan fingerprint density at radius 1 is 1.20 bits per heavy atom. The van der Waals surface area contributed by atoms with Gasteiger partial charge in [-0.3, -0.25) is 10.1 Å². The van der Waals surface area contributed by atoms with E-state index in [1.54, 1.807) is 18.2 Å². The number of amides is 1. The second kappa shape index (κ2) is 7.31. The van der Waals surface area contributed by atoms with Crippen LogP contribution >= 0.6 is 11.3 Å². The van der Waals surface area contributed by atoms with Crippen LogP contribution in [0.5, 0.6) is 5.75 Å². The number of para-hydroxylation sites is 1. The molecular formula is C18H16N2O4S. The Kier molecular flexibility index (Phi) is 4.95. The van der Waals surface area contributed by atoms with Gasteiger partial charge in [-0.2, -0.15) is 0 Å². The standard InChI is InChI=1S/C18H16N2O4S/c1-11-5-3-4-6-14(11)24-10-16(21)20-18-19-13-8-7-12(17(22)23-2)9-15(13)25-18/h3-9H,10H2,1-2H3,(H,19,20,21). The zero-order valence-electron chi connectivity index (χ0n) is 13.7. The van der Waals surface area contributed by atoms with Crippen LogP contribution in [0, 0.1) is 6.92 Å². The first-order valence-electron chi connectivity index (χ1n) is 7.54. The maximum atomic E-state index is 12.1. The molecule has 0 saturated heterocycles. The molecular weight excluding hydrogens is 340 g/mol. The van der Waals surface area contributed by atoms with E-state index in [0.29, 0.717) is 22.0 Å². The summed E-state index contributed by atoms with van der Waals surface area (Å²) in [6, 6.07) is 12.5. The minimum atomic E-state index is -0.410. The van der Waals surface area contributed by atoms with E-state index in [1.165, 1.54) is 18.4 Å². The molecule has 25 heavy (non-hydrogen) atoms. The van der Waals surface area contributed by atoms with E-state index >= 15 is 0 Å². The van der Waals surface area contributed by atoms with Crippen LogP contribution in [0.4, 0.5) is 5.13 Å². The lowest BCUT2D eigenvalue weighted by molar-refractivity contribution is -0.118. The molecule has 0 radical (unpaired) electrons. The molecule has 0 aliphatic rings. The minimum Gasteiger partial charge on any atom is -0.483 e. The maximum absolute atomic E-state index is 12.1. The number of aryl methyl sites for hydroxylation is 1. The minimum absolute atomic E-state index is 0.103. The average molecular weight is 356 g/mol. The number of nitrogens with one attached hydrogen (secondary N) is 1. The van der Waals surface area contributed by atoms with Crippen molar-refractivity contribution in [3.63, 3.8) is 0 Å². The number of hydrogen-bond acceptors (Lipinski definition) is 6. The SMILES string of the molecule is COC(=O)c1ccc2nc(NC(=O)COc3ccccc3C)sc2c1. The highest BCUT2D eigenvalue weighted by atomic mass is 32.1. The molecule has 1 aromatic heterocycles. The number of benzene rings is 2. The fourth-order valence-electron chi connectivity index (χ4n) is 2.24. The molecule has 0 fully saturated rings. The van der Waals surface area contributed by atoms with Crippen molar-refractivity contribution in [1.82, 2.24) is 4.98 Å². The Morgan fingerprint density at radius 3 is 2.76 bits per heavy atom. The summed E-state index contributed by atoms with van der Waals surface area (Å²) in [6.07, 6.45) is 0. The molecule has 1 N–H and O–H groups in total. The third-order valence-corrected chi connectivity index (χ3v) is 4.44. The van der Waals surface area contributed by atoms with Gasteiger partial charge in [0.1, 0.15) is 5.75 Å². The van der Waals surface area contributed by atoms with Gasteiger partial charge in [0.2, 0.25) is 0 Å². The van der Waals surface area contributed by atoms with Crippen LogP contribution in [0.1, 0.15) is 15.9 Å². The molecule has 0 saturated carbocycles. The number of thiazole rings is 1. The number of hydrogen-bond donors (Lipinski definition) is 1. The molecule has 0 unspecified atom stereocenters. The van der Waals surface area contributed by atoms with Crippen molar-refractivity contribution in [2.24, 2.45) is 0 Å². The maximum Gasteiger partial charge on any atom is 0.337 e. The highest BCUT2D eigenvalue weighted by Gasteiger charge is 2.12. The van der Waals surface area contributed by atoms with Crippen LogP contribution in [-0.2, 0) is 9.53 Å². The molecule has 0 aliphatic heterocycles. The fourth-order valence-corrected chi connectivity index (χ4v) is 3.16. The van der Waals surface area contributed by atoms with Crippen LogP contribution in [-0.4, -0.2) is 30.6 Å². The molecule has 6 nitrogen and oxygen atoms in total. The monoisotopic (exact) mass is 356 g/mol. The van der Waals surface area contributed by atoms with E-state index in [9.17, 15) is 9.59 Å². The van der Waals surface area contributed by atoms with Crippen molar-refractivity contribution in [3.05, 3.63) is 53.6 Å². The molecule has 7 heteroatoms. The Hall–Kier alpha value is -2.93. The zero-order valence-corrected chi connectivity index (χ0v) is 14.6. The van der Waals surface area contributed by atoms with Gasteiger partial charge in [0, 0.05) is 0 Å². The summed E-state index contributed by atoms with van der Waals surface area (Å²) in [7, 11) is 1.33. The van der Waals surface area contributed by atoms with Gasteiger partial charge in [0.15, 0.2) is 11.7 Å². The topological polar surface area (TPSA) is 77.5 Å². The van der Waals surface area contributed by atoms with Crippen LogP contribution in [0.15, 0.2) is 42.5 Å². The van der Waals surface area contributed by atoms with E-state index in [0.717, 1.165) is 10.3 Å². The van der Waals surface area contributed by atoms with Crippen LogP contribution in [0.2, 0.25) is 0 Å². The molecule has 0 atom stereocenters. The highest BCUT2D eigenvalue weighted by molar-refractivity contribution is 7.22. The highest BCUT2D eigenvalue weighted by Crippen LogP contribution is 2.27. The van der Waals surface area contributed by atoms with E-state index in [2.05, 4.69) is 10.3 Å². The number of fused-ring (bicyclic) bond motifs is 1. The predicted octanol–water partition coefficient (Wildman–Crippen LogP) is 3.41. The zero-order chi connectivity index (χ0) is 17.8. The third-order valence-electron chi connectivity index (χ3n) is 3.51. The Labute approximate surface area is 148 Å². The summed E-state index contributed by atoms with van der Waals surface area (Å²) in [6.45, 7) is 1.81. The molecule has 0 aliphatic carbocycles. The second-order valence-electron chi connectivity index (χ2n) is 5.30. The van der Waals surface area contributed by atoms with Gasteiger partial charge in [-0.05, 0) is 36.8 Å². The summed E-state index contributed by atoms with van der Waals surface area (Å²) in [5, 5.41) is 3.17. The van der Waals surface area contributed by atoms with Gasteiger partial charge in [-0.15, -0.1) is 0 Å². The van der Waals surface area contributed by atoms with Gasteiger partial charge in [-0.1, -0.05) is 29.5 Å². The summed E-state index contributed by atoms with van der Waals surface area (Å²) >= 11 is 1.29. The normalized spacial score (nSPS) is 10.5. The van der Waals surface area contributed by atoms with Gasteiger partial charge >= 0.3 is 5.97 Å². The lowest BCUT2D eigenvalue weighted by atomic mass is 10.2. The van der Waals surface area contributed by atoms with Gasteiger partial charge in [0.25, 0.3) is 5.91 Å². The van der Waals surface area contributed by atoms with Crippen molar-refractivity contribution in [3.8, 4) is 5.75 Å². The molecule has 0 spiro atoms. The number of anilines is 1. The summed E-state index contributed by atoms with van der Waals surface area (Å²) < 4.78 is 11.0. The first-order chi connectivity index (χ1) is 12.1. The first kappa shape index (κ1) is 16.9. The quantitative estimate of drug-likeness (QED) is 0.709. The average Bonchev–Trinajstić information content (AvgIpc) is 3.01. The summed E-state index contributed by atoms with van der Waals surface area (Å²) in [5.41, 5.74) is 2.11. The number of carbonyl (C=O) groups is 2. The van der Waals surface area contributed by atoms with E-state index in [-0.39, 0.29) is 12.5 Å². The molecule has 2 aromatic carbocycles. The van der Waals surface area contributed by atoms with Crippen LogP contribution < -0.4 is 10.1 Å². The van der Waals surface area contributed by atoms with Crippen molar-refractivity contribution in [2.45, 2.75) is 6.92 Å². The number of aromatic nitrogens is 1. The Bertz CT molecular complexity index is 936. The largest absolute Gasteiger partial charge is 0.483 e. The molecule has 1 amide bonds. The molecule has 0 bridgehead atoms. The Morgan fingerprint density at radius 2 is 2.00 bits per heavy atom. The lowest BCUT2D eigenvalue weighted by Gasteiger charge is -2.07. The van der Waals surface area contributed by atoms with Crippen molar-refractivity contribution in [2.75, 3.05) is 19.0 Å². The van der Waals surface area contributed by atoms with Crippen LogP contribution in [0.3, 0.4) is 0 Å². The lowest BCUT2D eigenvalue weighted by Crippen LogP contribution is -2.20. The third kappa shape index (κ3) is 3.95. The van der Waals surface area contributed by atoms with Crippen molar-refractivity contribution < 1.29 is 19.1 Å². The van der Waals surface area contributed by atoms with E-state index in [1.807, 2.05) is 31.2 Å². The van der Waals surface area contributed by atoms with Crippen molar-refractivity contribution >= 4 is 38.6 Å². The van der Waals surface area contributed by atoms with E-state index < -0.39 is 5.97 Å². The number of carbonyl (C=O) groups excluding carboxylic acids is 2. The molecule has 128 valence electrons. The number of methoxy groups -OCH3 is 1. The van der Waals surface area contributed by atoms with Gasteiger partial charge in [0.05, 0.1) is 22.9 Å². The molecule has 3 rings (SSSR count). The predicted molar refractivity (Wildman–Crippen MR) is 96.3 cm³/mol. The second-order valence-corrected chi connectivity index (χ2v) is 6.33. The van der Waals surface area contributed by atoms with Gasteiger partial charge in [-0.25, -0.2) is 9.78 Å². The Balaban J connectivity index is 1.67. The number of ether oxygens (including phenoxy) is 2. The summed E-state index contributed by atoms with van der Waals surface area (Å²) in [5.74, 6) is -0.0345. The molecule has 3 aromatic rings. The van der Waals surface area contributed by atoms with Gasteiger partial charge < -0.3 is 9.47 Å². The molecule has 1 heterocycles. The van der Waals surface area contributed by atoms with E-state index in [4.69, 9.17) is 9.47 Å². The van der Waals surface area contributed by atoms with Crippen molar-refractivity contribution in [1.29, 1.82) is 0 Å². The van der Waals surface area contributed by atoms with Crippen LogP contribution in [0.25, 0.3) is 10.2 Å². The smallest absolute Gasteiger partial charge is 0.337 e. The first-order valence-corrected chi connectivity index (χ1v) is 8.35. The number of nitrogens with zero attached hydrogens (tertiary/aromatic N) is 1. The fraction of sp³-hybridized carbons (Fsp3) is 0.167. The summed E-state index contributed by atoms with van der Waals surface area (Å²) in [4.78, 5) is 27.9. The number of rotatable bonds is 5.